The van der Waals surface area contributed by atoms with Gasteiger partial charge in [-0.3, -0.25) is 4.79 Å². The molecule has 2 N–H and O–H groups in total. The minimum absolute atomic E-state index is 0.0346. The fourth-order valence-electron chi connectivity index (χ4n) is 2.99. The number of nitrogens with zero attached hydrogens (tertiary/aromatic N) is 1. The van der Waals surface area contributed by atoms with Crippen molar-refractivity contribution in [1.82, 2.24) is 4.57 Å². The zero-order valence-electron chi connectivity index (χ0n) is 14.0. The quantitative estimate of drug-likeness (QED) is 0.753. The van der Waals surface area contributed by atoms with Crippen molar-refractivity contribution in [3.63, 3.8) is 0 Å². The van der Waals surface area contributed by atoms with Crippen molar-refractivity contribution in [2.75, 3.05) is 5.32 Å². The SMILES string of the molecule is CCn1cc(CC(=O)Nc2cc(CO)ccc2C)c2ccccc21. The normalized spacial score (nSPS) is 11.0. The summed E-state index contributed by atoms with van der Waals surface area (Å²) in [7, 11) is 0. The van der Waals surface area contributed by atoms with E-state index in [0.29, 0.717) is 6.42 Å². The summed E-state index contributed by atoms with van der Waals surface area (Å²) in [4.78, 5) is 12.5. The molecule has 0 unspecified atom stereocenters. The number of nitrogens with one attached hydrogen (secondary N) is 1. The Balaban J connectivity index is 1.83. The first-order chi connectivity index (χ1) is 11.6. The van der Waals surface area contributed by atoms with Crippen molar-refractivity contribution in [3.05, 3.63) is 65.4 Å². The van der Waals surface area contributed by atoms with Crippen LogP contribution in [0.3, 0.4) is 0 Å². The van der Waals surface area contributed by atoms with Crippen LogP contribution < -0.4 is 5.32 Å². The number of aliphatic hydroxyl groups is 1. The van der Waals surface area contributed by atoms with E-state index < -0.39 is 0 Å². The Morgan fingerprint density at radius 3 is 2.75 bits per heavy atom. The van der Waals surface area contributed by atoms with E-state index in [9.17, 15) is 9.90 Å². The Morgan fingerprint density at radius 1 is 1.21 bits per heavy atom. The van der Waals surface area contributed by atoms with Crippen molar-refractivity contribution >= 4 is 22.5 Å². The molecule has 0 aliphatic rings. The molecular formula is C20H22N2O2. The van der Waals surface area contributed by atoms with Gasteiger partial charge in [0.2, 0.25) is 5.91 Å². The fraction of sp³-hybridized carbons (Fsp3) is 0.250. The first-order valence-electron chi connectivity index (χ1n) is 8.19. The number of carbonyl (C=O) groups is 1. The molecule has 1 aromatic heterocycles. The highest BCUT2D eigenvalue weighted by Gasteiger charge is 2.12. The predicted molar refractivity (Wildman–Crippen MR) is 97.0 cm³/mol. The number of hydrogen-bond acceptors (Lipinski definition) is 2. The maximum absolute atomic E-state index is 12.5. The van der Waals surface area contributed by atoms with Gasteiger partial charge >= 0.3 is 0 Å². The molecule has 0 atom stereocenters. The summed E-state index contributed by atoms with van der Waals surface area (Å²) < 4.78 is 2.16. The van der Waals surface area contributed by atoms with Crippen LogP contribution in [-0.2, 0) is 24.4 Å². The summed E-state index contributed by atoms with van der Waals surface area (Å²) in [5, 5.41) is 13.3. The lowest BCUT2D eigenvalue weighted by Gasteiger charge is -2.09. The molecule has 4 nitrogen and oxygen atoms in total. The van der Waals surface area contributed by atoms with Gasteiger partial charge in [0, 0.05) is 29.3 Å². The molecule has 1 heterocycles. The Morgan fingerprint density at radius 2 is 2.00 bits per heavy atom. The summed E-state index contributed by atoms with van der Waals surface area (Å²) in [5.41, 5.74) is 4.71. The van der Waals surface area contributed by atoms with E-state index in [1.54, 1.807) is 0 Å². The number of carbonyl (C=O) groups excluding carboxylic acids is 1. The van der Waals surface area contributed by atoms with Crippen LogP contribution >= 0.6 is 0 Å². The van der Waals surface area contributed by atoms with Gasteiger partial charge in [0.05, 0.1) is 13.0 Å². The number of amides is 1. The number of aryl methyl sites for hydroxylation is 2. The Labute approximate surface area is 141 Å². The highest BCUT2D eigenvalue weighted by molar-refractivity contribution is 5.96. The lowest BCUT2D eigenvalue weighted by atomic mass is 10.1. The van der Waals surface area contributed by atoms with E-state index >= 15 is 0 Å². The Kier molecular flexibility index (Phi) is 4.67. The third kappa shape index (κ3) is 3.19. The fourth-order valence-corrected chi connectivity index (χ4v) is 2.99. The number of anilines is 1. The molecule has 1 amide bonds. The maximum atomic E-state index is 12.5. The molecule has 0 saturated heterocycles. The monoisotopic (exact) mass is 322 g/mol. The second kappa shape index (κ2) is 6.89. The van der Waals surface area contributed by atoms with E-state index in [1.165, 1.54) is 0 Å². The van der Waals surface area contributed by atoms with Crippen molar-refractivity contribution in [2.24, 2.45) is 0 Å². The van der Waals surface area contributed by atoms with Gasteiger partial charge in [-0.15, -0.1) is 0 Å². The van der Waals surface area contributed by atoms with Crippen LogP contribution in [0.1, 0.15) is 23.6 Å². The lowest BCUT2D eigenvalue weighted by Crippen LogP contribution is -2.15. The number of rotatable bonds is 5. The van der Waals surface area contributed by atoms with Crippen LogP contribution in [0.4, 0.5) is 5.69 Å². The highest BCUT2D eigenvalue weighted by atomic mass is 16.3. The van der Waals surface area contributed by atoms with Gasteiger partial charge in [-0.1, -0.05) is 30.3 Å². The Bertz CT molecular complexity index is 880. The van der Waals surface area contributed by atoms with Crippen LogP contribution in [-0.4, -0.2) is 15.6 Å². The molecule has 0 aliphatic heterocycles. The van der Waals surface area contributed by atoms with Crippen LogP contribution in [0.25, 0.3) is 10.9 Å². The summed E-state index contributed by atoms with van der Waals surface area (Å²) >= 11 is 0. The van der Waals surface area contributed by atoms with Crippen LogP contribution in [0.5, 0.6) is 0 Å². The molecule has 2 aromatic carbocycles. The number of para-hydroxylation sites is 1. The standard InChI is InChI=1S/C20H22N2O2/c1-3-22-12-16(17-6-4-5-7-19(17)22)11-20(24)21-18-10-15(13-23)9-8-14(18)2/h4-10,12,23H,3,11,13H2,1-2H3,(H,21,24). The molecular weight excluding hydrogens is 300 g/mol. The van der Waals surface area contributed by atoms with Gasteiger partial charge in [0.1, 0.15) is 0 Å². The molecule has 0 bridgehead atoms. The smallest absolute Gasteiger partial charge is 0.228 e. The maximum Gasteiger partial charge on any atom is 0.228 e. The molecule has 0 spiro atoms. The van der Waals surface area contributed by atoms with E-state index in [1.807, 2.05) is 37.3 Å². The lowest BCUT2D eigenvalue weighted by molar-refractivity contribution is -0.115. The van der Waals surface area contributed by atoms with E-state index in [-0.39, 0.29) is 12.5 Å². The first kappa shape index (κ1) is 16.3. The summed E-state index contributed by atoms with van der Waals surface area (Å²) in [6.45, 7) is 4.88. The Hall–Kier alpha value is -2.59. The van der Waals surface area contributed by atoms with Crippen molar-refractivity contribution in [1.29, 1.82) is 0 Å². The average molecular weight is 322 g/mol. The zero-order valence-corrected chi connectivity index (χ0v) is 14.0. The summed E-state index contributed by atoms with van der Waals surface area (Å²) in [6, 6.07) is 13.7. The molecule has 24 heavy (non-hydrogen) atoms. The van der Waals surface area contributed by atoms with Crippen LogP contribution in [0, 0.1) is 6.92 Å². The van der Waals surface area contributed by atoms with Gasteiger partial charge in [-0.2, -0.15) is 0 Å². The van der Waals surface area contributed by atoms with Gasteiger partial charge in [0.25, 0.3) is 0 Å². The van der Waals surface area contributed by atoms with E-state index in [4.69, 9.17) is 0 Å². The number of aromatic nitrogens is 1. The average Bonchev–Trinajstić information content (AvgIpc) is 2.95. The van der Waals surface area contributed by atoms with Crippen LogP contribution in [0.2, 0.25) is 0 Å². The largest absolute Gasteiger partial charge is 0.392 e. The molecule has 0 saturated carbocycles. The number of hydrogen-bond donors (Lipinski definition) is 2. The highest BCUT2D eigenvalue weighted by Crippen LogP contribution is 2.23. The van der Waals surface area contributed by atoms with Crippen LogP contribution in [0.15, 0.2) is 48.7 Å². The van der Waals surface area contributed by atoms with Gasteiger partial charge < -0.3 is 15.0 Å². The van der Waals surface area contributed by atoms with Gasteiger partial charge in [-0.25, -0.2) is 0 Å². The molecule has 4 heteroatoms. The summed E-state index contributed by atoms with van der Waals surface area (Å²) in [6.07, 6.45) is 2.39. The second-order valence-corrected chi connectivity index (χ2v) is 5.99. The third-order valence-electron chi connectivity index (χ3n) is 4.32. The minimum atomic E-state index is -0.0489. The molecule has 3 aromatic rings. The first-order valence-corrected chi connectivity index (χ1v) is 8.19. The van der Waals surface area contributed by atoms with E-state index in [0.717, 1.165) is 39.8 Å². The predicted octanol–water partition coefficient (Wildman–Crippen LogP) is 3.64. The van der Waals surface area contributed by atoms with Gasteiger partial charge in [-0.05, 0) is 42.7 Å². The van der Waals surface area contributed by atoms with Crippen molar-refractivity contribution in [3.8, 4) is 0 Å². The molecule has 0 radical (unpaired) electrons. The third-order valence-corrected chi connectivity index (χ3v) is 4.32. The zero-order chi connectivity index (χ0) is 17.1. The molecule has 124 valence electrons. The number of aliphatic hydroxyl groups excluding tert-OH is 1. The summed E-state index contributed by atoms with van der Waals surface area (Å²) in [5.74, 6) is -0.0489. The number of fused-ring (bicyclic) bond motifs is 1. The van der Waals surface area contributed by atoms with Crippen molar-refractivity contribution in [2.45, 2.75) is 33.4 Å². The molecule has 0 fully saturated rings. The molecule has 0 aliphatic carbocycles. The van der Waals surface area contributed by atoms with E-state index in [2.05, 4.69) is 35.1 Å². The van der Waals surface area contributed by atoms with Gasteiger partial charge in [0.15, 0.2) is 0 Å². The topological polar surface area (TPSA) is 54.3 Å². The number of benzene rings is 2. The minimum Gasteiger partial charge on any atom is -0.392 e. The second-order valence-electron chi connectivity index (χ2n) is 5.99. The van der Waals surface area contributed by atoms with Crippen molar-refractivity contribution < 1.29 is 9.90 Å². The molecule has 3 rings (SSSR count).